The monoisotopic (exact) mass is 543 g/mol. The van der Waals surface area contributed by atoms with Crippen molar-refractivity contribution in [3.8, 4) is 11.1 Å². The second-order valence-electron chi connectivity index (χ2n) is 9.29. The number of H-pyrrole nitrogens is 1. The van der Waals surface area contributed by atoms with Crippen LogP contribution in [0.1, 0.15) is 22.5 Å². The van der Waals surface area contributed by atoms with E-state index in [-0.39, 0.29) is 24.3 Å². The maximum Gasteiger partial charge on any atom is 0.416 e. The number of fused-ring (bicyclic) bond motifs is 2. The van der Waals surface area contributed by atoms with E-state index in [0.29, 0.717) is 44.5 Å². The zero-order valence-corrected chi connectivity index (χ0v) is 21.3. The molecule has 0 unspecified atom stereocenters. The topological polar surface area (TPSA) is 116 Å². The van der Waals surface area contributed by atoms with E-state index < -0.39 is 21.8 Å². The number of sulfonamides is 1. The van der Waals surface area contributed by atoms with Gasteiger partial charge in [0, 0.05) is 36.9 Å². The Morgan fingerprint density at radius 3 is 2.61 bits per heavy atom. The number of hydrogen-bond acceptors (Lipinski definition) is 4. The summed E-state index contributed by atoms with van der Waals surface area (Å²) in [5.74, 6) is 0.247. The van der Waals surface area contributed by atoms with Gasteiger partial charge in [-0.1, -0.05) is 12.1 Å². The quantitative estimate of drug-likeness (QED) is 0.336. The van der Waals surface area contributed by atoms with Gasteiger partial charge in [-0.2, -0.15) is 13.2 Å². The first kappa shape index (κ1) is 25.7. The number of halogens is 3. The molecule has 0 aliphatic rings. The maximum atomic E-state index is 13.3. The third-order valence-corrected chi connectivity index (χ3v) is 7.35. The lowest BCUT2D eigenvalue weighted by Gasteiger charge is -2.13. The number of nitrogens with two attached hydrogens (primary N) is 1. The molecular formula is C26H24F3N5O3S. The highest BCUT2D eigenvalue weighted by atomic mass is 32.2. The van der Waals surface area contributed by atoms with Crippen molar-refractivity contribution in [3.05, 3.63) is 87.7 Å². The van der Waals surface area contributed by atoms with Gasteiger partial charge in [0.15, 0.2) is 0 Å². The Morgan fingerprint density at radius 1 is 1.13 bits per heavy atom. The maximum absolute atomic E-state index is 13.3. The molecule has 38 heavy (non-hydrogen) atoms. The molecule has 2 aromatic carbocycles. The van der Waals surface area contributed by atoms with Gasteiger partial charge in [0.05, 0.1) is 22.3 Å². The van der Waals surface area contributed by atoms with Gasteiger partial charge in [-0.3, -0.25) is 4.79 Å². The minimum atomic E-state index is -4.47. The molecule has 0 amide bonds. The van der Waals surface area contributed by atoms with Crippen LogP contribution in [0.2, 0.25) is 0 Å². The second-order valence-corrected chi connectivity index (χ2v) is 11.0. The standard InChI is InChI=1S/C26H24F3N5O3S/c1-15-32-23-17(7-9-38(30,36)37)11-18(21-14-33(2)25(35)24-20(21)6-8-31-24)12-22(23)34(15)13-16-4-3-5-19(10-16)26(27,28)29/h3-6,8,10-12,14,31H,7,9,13H2,1-2H3,(H2,30,36,37). The van der Waals surface area contributed by atoms with Gasteiger partial charge >= 0.3 is 6.18 Å². The Bertz CT molecular complexity index is 1870. The normalized spacial score (nSPS) is 12.6. The number of aromatic nitrogens is 4. The molecule has 0 radical (unpaired) electrons. The van der Waals surface area contributed by atoms with E-state index in [4.69, 9.17) is 5.14 Å². The van der Waals surface area contributed by atoms with Gasteiger partial charge in [-0.25, -0.2) is 18.5 Å². The van der Waals surface area contributed by atoms with Gasteiger partial charge in [0.2, 0.25) is 10.0 Å². The van der Waals surface area contributed by atoms with Crippen molar-refractivity contribution in [3.63, 3.8) is 0 Å². The van der Waals surface area contributed by atoms with Gasteiger partial charge < -0.3 is 14.1 Å². The third-order valence-electron chi connectivity index (χ3n) is 6.58. The van der Waals surface area contributed by atoms with Crippen molar-refractivity contribution < 1.29 is 21.6 Å². The van der Waals surface area contributed by atoms with E-state index in [1.807, 2.05) is 12.1 Å². The summed E-state index contributed by atoms with van der Waals surface area (Å²) in [5.41, 5.74) is 3.13. The molecule has 0 bridgehead atoms. The number of imidazole rings is 1. The highest BCUT2D eigenvalue weighted by Gasteiger charge is 2.30. The molecule has 5 rings (SSSR count). The van der Waals surface area contributed by atoms with Crippen molar-refractivity contribution in [2.75, 3.05) is 5.75 Å². The van der Waals surface area contributed by atoms with Crippen LogP contribution in [-0.2, 0) is 36.2 Å². The number of alkyl halides is 3. The zero-order valence-electron chi connectivity index (χ0n) is 20.5. The summed E-state index contributed by atoms with van der Waals surface area (Å²) in [4.78, 5) is 20.2. The molecule has 8 nitrogen and oxygen atoms in total. The van der Waals surface area contributed by atoms with Crippen molar-refractivity contribution in [1.29, 1.82) is 0 Å². The molecule has 0 saturated carbocycles. The molecule has 5 aromatic rings. The number of nitrogens with zero attached hydrogens (tertiary/aromatic N) is 3. The summed E-state index contributed by atoms with van der Waals surface area (Å²) in [7, 11) is -2.14. The van der Waals surface area contributed by atoms with Crippen molar-refractivity contribution in [2.45, 2.75) is 26.1 Å². The largest absolute Gasteiger partial charge is 0.416 e. The molecule has 0 fully saturated rings. The van der Waals surface area contributed by atoms with Gasteiger partial charge in [0.25, 0.3) is 5.56 Å². The molecule has 12 heteroatoms. The predicted octanol–water partition coefficient (Wildman–Crippen LogP) is 4.09. The Morgan fingerprint density at radius 2 is 1.89 bits per heavy atom. The number of primary sulfonamides is 1. The average Bonchev–Trinajstić information content (AvgIpc) is 3.44. The lowest BCUT2D eigenvalue weighted by atomic mass is 9.99. The van der Waals surface area contributed by atoms with Gasteiger partial charge in [-0.05, 0) is 60.4 Å². The first-order valence-corrected chi connectivity index (χ1v) is 13.4. The Kier molecular flexibility index (Phi) is 6.19. The first-order valence-electron chi connectivity index (χ1n) is 11.7. The van der Waals surface area contributed by atoms with Crippen molar-refractivity contribution in [1.82, 2.24) is 19.1 Å². The summed E-state index contributed by atoms with van der Waals surface area (Å²) in [5, 5.41) is 5.96. The van der Waals surface area contributed by atoms with Crippen molar-refractivity contribution >= 4 is 32.0 Å². The molecule has 0 aliphatic heterocycles. The minimum absolute atomic E-state index is 0.0885. The van der Waals surface area contributed by atoms with Crippen LogP contribution in [0.15, 0.2) is 59.7 Å². The van der Waals surface area contributed by atoms with Crippen LogP contribution in [-0.4, -0.2) is 33.3 Å². The highest BCUT2D eigenvalue weighted by molar-refractivity contribution is 7.89. The SMILES string of the molecule is Cc1nc2c(CCS(N)(=O)=O)cc(-c3cn(C)c(=O)c4[nH]ccc34)cc2n1Cc1cccc(C(F)(F)F)c1. The van der Waals surface area contributed by atoms with E-state index in [9.17, 15) is 26.4 Å². The van der Waals surface area contributed by atoms with E-state index in [0.717, 1.165) is 17.7 Å². The zero-order chi connectivity index (χ0) is 27.4. The molecule has 3 N–H and O–H groups in total. The van der Waals surface area contributed by atoms with Crippen LogP contribution in [0.3, 0.4) is 0 Å². The number of benzene rings is 2. The van der Waals surface area contributed by atoms with E-state index in [1.54, 1.807) is 43.1 Å². The third kappa shape index (κ3) is 4.84. The molecule has 198 valence electrons. The molecule has 0 atom stereocenters. The number of aromatic amines is 1. The number of hydrogen-bond donors (Lipinski definition) is 2. The number of pyridine rings is 1. The fraction of sp³-hybridized carbons (Fsp3) is 0.231. The number of aryl methyl sites for hydroxylation is 3. The molecule has 3 aromatic heterocycles. The minimum Gasteiger partial charge on any atom is -0.357 e. The van der Waals surface area contributed by atoms with Crippen LogP contribution >= 0.6 is 0 Å². The summed E-state index contributed by atoms with van der Waals surface area (Å²) >= 11 is 0. The summed E-state index contributed by atoms with van der Waals surface area (Å²) < 4.78 is 66.7. The fourth-order valence-corrected chi connectivity index (χ4v) is 5.24. The molecule has 0 aliphatic carbocycles. The summed E-state index contributed by atoms with van der Waals surface area (Å²) in [6, 6.07) is 10.6. The lowest BCUT2D eigenvalue weighted by molar-refractivity contribution is -0.137. The van der Waals surface area contributed by atoms with Gasteiger partial charge in [-0.15, -0.1) is 0 Å². The molecule has 0 saturated heterocycles. The average molecular weight is 544 g/mol. The first-order chi connectivity index (χ1) is 17.8. The fourth-order valence-electron chi connectivity index (χ4n) is 4.73. The van der Waals surface area contributed by atoms with Gasteiger partial charge in [0.1, 0.15) is 11.3 Å². The lowest BCUT2D eigenvalue weighted by Crippen LogP contribution is -2.18. The Labute approximate surface area is 215 Å². The number of rotatable bonds is 6. The number of nitrogens with one attached hydrogen (secondary N) is 1. The van der Waals surface area contributed by atoms with Crippen molar-refractivity contribution in [2.24, 2.45) is 12.2 Å². The van der Waals surface area contributed by atoms with Crippen LogP contribution in [0, 0.1) is 6.92 Å². The summed E-state index contributed by atoms with van der Waals surface area (Å²) in [6.07, 6.45) is -1.02. The smallest absolute Gasteiger partial charge is 0.357 e. The summed E-state index contributed by atoms with van der Waals surface area (Å²) in [6.45, 7) is 1.87. The highest BCUT2D eigenvalue weighted by Crippen LogP contribution is 2.33. The second kappa shape index (κ2) is 9.14. The van der Waals surface area contributed by atoms with Crippen LogP contribution in [0.5, 0.6) is 0 Å². The van der Waals surface area contributed by atoms with E-state index in [1.165, 1.54) is 10.6 Å². The molecule has 0 spiro atoms. The van der Waals surface area contributed by atoms with E-state index >= 15 is 0 Å². The van der Waals surface area contributed by atoms with Crippen LogP contribution in [0.4, 0.5) is 13.2 Å². The molecule has 3 heterocycles. The van der Waals surface area contributed by atoms with E-state index in [2.05, 4.69) is 9.97 Å². The Balaban J connectivity index is 1.72. The Hall–Kier alpha value is -3.90. The molecular weight excluding hydrogens is 519 g/mol. The van der Waals surface area contributed by atoms with Crippen LogP contribution < -0.4 is 10.7 Å². The predicted molar refractivity (Wildman–Crippen MR) is 139 cm³/mol. The van der Waals surface area contributed by atoms with Crippen LogP contribution in [0.25, 0.3) is 33.1 Å².